The SMILES string of the molecule is COCCN(C)C(=O)CC=CNc1cccc2nc(OCC3CC3)nc(Nc3cccc(Cl)c3F)c12. The van der Waals surface area contributed by atoms with Gasteiger partial charge in [0.05, 0.1) is 40.5 Å². The molecule has 0 spiro atoms. The summed E-state index contributed by atoms with van der Waals surface area (Å²) in [5.41, 5.74) is 1.49. The van der Waals surface area contributed by atoms with Crippen molar-refractivity contribution in [1.29, 1.82) is 0 Å². The summed E-state index contributed by atoms with van der Waals surface area (Å²) >= 11 is 5.98. The molecule has 0 aliphatic heterocycles. The van der Waals surface area contributed by atoms with E-state index >= 15 is 0 Å². The molecule has 2 N–H and O–H groups in total. The van der Waals surface area contributed by atoms with Gasteiger partial charge in [-0.2, -0.15) is 9.97 Å². The predicted octanol–water partition coefficient (Wildman–Crippen LogP) is 5.38. The highest BCUT2D eigenvalue weighted by molar-refractivity contribution is 6.31. The number of nitrogens with one attached hydrogen (secondary N) is 2. The van der Waals surface area contributed by atoms with Gasteiger partial charge in [-0.05, 0) is 49.2 Å². The number of hydrogen-bond acceptors (Lipinski definition) is 7. The molecule has 1 aliphatic rings. The summed E-state index contributed by atoms with van der Waals surface area (Å²) < 4.78 is 25.5. The zero-order valence-corrected chi connectivity index (χ0v) is 21.0. The Bertz CT molecular complexity index is 1250. The molecule has 1 saturated carbocycles. The van der Waals surface area contributed by atoms with Crippen molar-refractivity contribution in [1.82, 2.24) is 14.9 Å². The van der Waals surface area contributed by atoms with Crippen molar-refractivity contribution >= 4 is 45.6 Å². The third kappa shape index (κ3) is 6.61. The molecule has 36 heavy (non-hydrogen) atoms. The molecule has 0 radical (unpaired) electrons. The second-order valence-corrected chi connectivity index (χ2v) is 9.00. The first-order valence-corrected chi connectivity index (χ1v) is 12.1. The highest BCUT2D eigenvalue weighted by atomic mass is 35.5. The molecule has 2 aromatic carbocycles. The number of carbonyl (C=O) groups excluding carboxylic acids is 1. The molecular formula is C26H29ClFN5O3. The summed E-state index contributed by atoms with van der Waals surface area (Å²) in [6.45, 7) is 1.55. The van der Waals surface area contributed by atoms with Crippen LogP contribution in [-0.2, 0) is 9.53 Å². The number of ether oxygens (including phenoxy) is 2. The number of halogens is 2. The highest BCUT2D eigenvalue weighted by Gasteiger charge is 2.23. The van der Waals surface area contributed by atoms with E-state index < -0.39 is 5.82 Å². The van der Waals surface area contributed by atoms with Crippen LogP contribution >= 0.6 is 11.6 Å². The van der Waals surface area contributed by atoms with Crippen LogP contribution in [0.5, 0.6) is 6.01 Å². The fourth-order valence-electron chi connectivity index (χ4n) is 3.46. The van der Waals surface area contributed by atoms with Crippen molar-refractivity contribution in [3.8, 4) is 6.01 Å². The number of fused-ring (bicyclic) bond motifs is 1. The van der Waals surface area contributed by atoms with Gasteiger partial charge in [0.2, 0.25) is 5.91 Å². The molecule has 1 aromatic heterocycles. The van der Waals surface area contributed by atoms with Crippen molar-refractivity contribution in [2.24, 2.45) is 5.92 Å². The number of carbonyl (C=O) groups is 1. The zero-order valence-electron chi connectivity index (χ0n) is 20.3. The van der Waals surface area contributed by atoms with Gasteiger partial charge in [-0.1, -0.05) is 29.8 Å². The smallest absolute Gasteiger partial charge is 0.318 e. The van der Waals surface area contributed by atoms with Crippen LogP contribution in [0.1, 0.15) is 19.3 Å². The lowest BCUT2D eigenvalue weighted by molar-refractivity contribution is -0.129. The standard InChI is InChI=1S/C26H29ClFN5O3/c1-33(14-15-35-2)22(34)10-5-13-29-19-7-4-8-20-23(19)25(30-21-9-3-6-18(27)24(21)28)32-26(31-20)36-16-17-11-12-17/h3-9,13,17,29H,10-12,14-16H2,1-2H3,(H,30,31,32). The van der Waals surface area contributed by atoms with Gasteiger partial charge in [0.15, 0.2) is 5.82 Å². The van der Waals surface area contributed by atoms with Crippen LogP contribution in [0.25, 0.3) is 10.9 Å². The maximum absolute atomic E-state index is 14.7. The van der Waals surface area contributed by atoms with Crippen molar-refractivity contribution in [3.05, 3.63) is 59.5 Å². The third-order valence-corrected chi connectivity index (χ3v) is 6.05. The molecule has 3 aromatic rings. The fourth-order valence-corrected chi connectivity index (χ4v) is 3.63. The first-order chi connectivity index (χ1) is 17.5. The summed E-state index contributed by atoms with van der Waals surface area (Å²) in [6, 6.07) is 10.5. The second-order valence-electron chi connectivity index (χ2n) is 8.59. The number of rotatable bonds is 12. The molecule has 0 unspecified atom stereocenters. The van der Waals surface area contributed by atoms with E-state index in [0.29, 0.717) is 48.1 Å². The zero-order chi connectivity index (χ0) is 25.5. The molecule has 1 aliphatic carbocycles. The molecule has 8 nitrogen and oxygen atoms in total. The molecule has 1 heterocycles. The lowest BCUT2D eigenvalue weighted by atomic mass is 10.2. The number of hydrogen-bond donors (Lipinski definition) is 2. The highest BCUT2D eigenvalue weighted by Crippen LogP contribution is 2.34. The number of likely N-dealkylation sites (N-methyl/N-ethyl adjacent to an activating group) is 1. The van der Waals surface area contributed by atoms with Crippen LogP contribution < -0.4 is 15.4 Å². The van der Waals surface area contributed by atoms with Gasteiger partial charge in [-0.25, -0.2) is 4.39 Å². The Morgan fingerprint density at radius 1 is 1.22 bits per heavy atom. The lowest BCUT2D eigenvalue weighted by Gasteiger charge is -2.16. The van der Waals surface area contributed by atoms with Crippen molar-refractivity contribution in [2.45, 2.75) is 19.3 Å². The van der Waals surface area contributed by atoms with E-state index in [1.807, 2.05) is 18.2 Å². The van der Waals surface area contributed by atoms with E-state index in [2.05, 4.69) is 20.6 Å². The van der Waals surface area contributed by atoms with E-state index in [1.54, 1.807) is 43.5 Å². The van der Waals surface area contributed by atoms with Crippen molar-refractivity contribution in [3.63, 3.8) is 0 Å². The first kappa shape index (κ1) is 25.7. The van der Waals surface area contributed by atoms with Crippen LogP contribution in [0.15, 0.2) is 48.7 Å². The number of nitrogens with zero attached hydrogens (tertiary/aromatic N) is 3. The topological polar surface area (TPSA) is 88.6 Å². The van der Waals surface area contributed by atoms with Crippen LogP contribution in [0.3, 0.4) is 0 Å². The molecule has 190 valence electrons. The minimum atomic E-state index is -0.576. The summed E-state index contributed by atoms with van der Waals surface area (Å²) in [5, 5.41) is 6.90. The molecule has 4 rings (SSSR count). The first-order valence-electron chi connectivity index (χ1n) is 11.7. The number of aromatic nitrogens is 2. The van der Waals surface area contributed by atoms with Gasteiger partial charge >= 0.3 is 6.01 Å². The Morgan fingerprint density at radius 3 is 2.78 bits per heavy atom. The minimum absolute atomic E-state index is 0.00462. The van der Waals surface area contributed by atoms with Gasteiger partial charge in [0.25, 0.3) is 0 Å². The average Bonchev–Trinajstić information content (AvgIpc) is 3.71. The normalized spacial score (nSPS) is 13.2. The Balaban J connectivity index is 1.59. The maximum atomic E-state index is 14.7. The van der Waals surface area contributed by atoms with E-state index in [4.69, 9.17) is 21.1 Å². The van der Waals surface area contributed by atoms with E-state index in [-0.39, 0.29) is 29.0 Å². The van der Waals surface area contributed by atoms with Crippen LogP contribution in [0.4, 0.5) is 21.6 Å². The van der Waals surface area contributed by atoms with E-state index in [9.17, 15) is 9.18 Å². The molecule has 0 atom stereocenters. The molecule has 1 fully saturated rings. The van der Waals surface area contributed by atoms with Crippen molar-refractivity contribution < 1.29 is 18.7 Å². The number of benzene rings is 2. The van der Waals surface area contributed by atoms with Crippen LogP contribution in [-0.4, -0.2) is 54.7 Å². The predicted molar refractivity (Wildman–Crippen MR) is 139 cm³/mol. The summed E-state index contributed by atoms with van der Waals surface area (Å²) in [5.74, 6) is 0.301. The molecule has 10 heteroatoms. The number of anilines is 3. The Kier molecular flexibility index (Phi) is 8.56. The summed E-state index contributed by atoms with van der Waals surface area (Å²) in [4.78, 5) is 23.0. The summed E-state index contributed by atoms with van der Waals surface area (Å²) in [6.07, 6.45) is 5.93. The van der Waals surface area contributed by atoms with Crippen LogP contribution in [0.2, 0.25) is 5.02 Å². The van der Waals surface area contributed by atoms with Gasteiger partial charge < -0.3 is 25.0 Å². The Morgan fingerprint density at radius 2 is 2.00 bits per heavy atom. The number of amides is 1. The van der Waals surface area contributed by atoms with Gasteiger partial charge in [-0.15, -0.1) is 0 Å². The summed E-state index contributed by atoms with van der Waals surface area (Å²) in [7, 11) is 3.34. The lowest BCUT2D eigenvalue weighted by Crippen LogP contribution is -2.29. The Hall–Kier alpha value is -3.43. The Labute approximate surface area is 214 Å². The minimum Gasteiger partial charge on any atom is -0.463 e. The number of methoxy groups -OCH3 is 1. The largest absolute Gasteiger partial charge is 0.463 e. The molecule has 0 saturated heterocycles. The van der Waals surface area contributed by atoms with Gasteiger partial charge in [0.1, 0.15) is 5.82 Å². The second kappa shape index (κ2) is 12.0. The molecular weight excluding hydrogens is 485 g/mol. The molecule has 0 bridgehead atoms. The van der Waals surface area contributed by atoms with Gasteiger partial charge in [0, 0.05) is 27.1 Å². The quantitative estimate of drug-likeness (QED) is 0.336. The average molecular weight is 514 g/mol. The molecule has 1 amide bonds. The van der Waals surface area contributed by atoms with Gasteiger partial charge in [-0.3, -0.25) is 4.79 Å². The maximum Gasteiger partial charge on any atom is 0.318 e. The third-order valence-electron chi connectivity index (χ3n) is 5.76. The fraction of sp³-hybridized carbons (Fsp3) is 0.346. The van der Waals surface area contributed by atoms with Crippen molar-refractivity contribution in [2.75, 3.05) is 44.5 Å². The van der Waals surface area contributed by atoms with E-state index in [1.165, 1.54) is 6.07 Å². The van der Waals surface area contributed by atoms with Crippen LogP contribution in [0, 0.1) is 11.7 Å². The monoisotopic (exact) mass is 513 g/mol. The van der Waals surface area contributed by atoms with E-state index in [0.717, 1.165) is 12.8 Å².